The second-order valence-corrected chi connectivity index (χ2v) is 7.10. The number of nitrogens with zero attached hydrogens (tertiary/aromatic N) is 3. The van der Waals surface area contributed by atoms with Crippen LogP contribution < -0.4 is 11.5 Å². The molecule has 33 heavy (non-hydrogen) atoms. The van der Waals surface area contributed by atoms with Crippen molar-refractivity contribution < 1.29 is 18.9 Å². The van der Waals surface area contributed by atoms with E-state index >= 15 is 0 Å². The van der Waals surface area contributed by atoms with E-state index in [1.54, 1.807) is 0 Å². The van der Waals surface area contributed by atoms with Crippen molar-refractivity contribution in [2.75, 3.05) is 39.9 Å². The highest BCUT2D eigenvalue weighted by Crippen LogP contribution is 2.44. The summed E-state index contributed by atoms with van der Waals surface area (Å²) in [6.45, 7) is 0. The third kappa shape index (κ3) is 4.33. The number of hydrogen-bond donors (Lipinski definition) is 2. The largest absolute Gasteiger partial charge is 0.494 e. The van der Waals surface area contributed by atoms with E-state index in [9.17, 15) is 5.26 Å². The monoisotopic (exact) mass is 447 g/mol. The summed E-state index contributed by atoms with van der Waals surface area (Å²) in [5.74, 6) is 6.98. The number of hydrogen-bond acceptors (Lipinski definition) is 9. The van der Waals surface area contributed by atoms with Crippen molar-refractivity contribution in [3.05, 3.63) is 70.3 Å². The highest BCUT2D eigenvalue weighted by Gasteiger charge is 2.52. The summed E-state index contributed by atoms with van der Waals surface area (Å²) in [5, 5.41) is 10.1. The van der Waals surface area contributed by atoms with Gasteiger partial charge in [-0.3, -0.25) is 0 Å². The molecule has 2 aromatic rings. The lowest BCUT2D eigenvalue weighted by Gasteiger charge is -2.42. The number of allylic oxidation sites excluding steroid dienone is 1. The number of benzene rings is 1. The minimum atomic E-state index is -1.30. The first kappa shape index (κ1) is 23.6. The van der Waals surface area contributed by atoms with Crippen molar-refractivity contribution in [3.8, 4) is 17.9 Å². The van der Waals surface area contributed by atoms with Gasteiger partial charge in [0.05, 0.1) is 19.8 Å². The van der Waals surface area contributed by atoms with Crippen molar-refractivity contribution in [1.82, 2.24) is 9.97 Å². The molecule has 0 saturated heterocycles. The normalized spacial score (nSPS) is 20.0. The quantitative estimate of drug-likeness (QED) is 0.636. The van der Waals surface area contributed by atoms with Crippen LogP contribution in [-0.2, 0) is 25.4 Å². The Balaban J connectivity index is 2.32. The molecule has 0 spiro atoms. The van der Waals surface area contributed by atoms with Crippen LogP contribution in [0.25, 0.3) is 0 Å². The molecule has 3 rings (SSSR count). The molecular weight excluding hydrogens is 422 g/mol. The summed E-state index contributed by atoms with van der Waals surface area (Å²) < 4.78 is 23.1. The van der Waals surface area contributed by atoms with Gasteiger partial charge >= 0.3 is 0 Å². The number of nitrogen functional groups attached to an aromatic ring is 2. The minimum Gasteiger partial charge on any atom is -0.494 e. The van der Waals surface area contributed by atoms with Gasteiger partial charge in [-0.1, -0.05) is 30.0 Å². The standard InChI is InChI=1S/C24H25N5O4/c1-30-19-17(13-25)18(11-10-15-8-6-5-7-9-15)24(33-4,21(32-3)20(19)31-2)12-16-14-28-23(27)29-22(16)26/h5-9,14,21H,12H2,1-4H3,(H4,26,27,28,29). The maximum atomic E-state index is 10.1. The number of aromatic nitrogens is 2. The van der Waals surface area contributed by atoms with Crippen LogP contribution in [0.2, 0.25) is 0 Å². The van der Waals surface area contributed by atoms with Crippen LogP contribution >= 0.6 is 0 Å². The van der Waals surface area contributed by atoms with E-state index in [4.69, 9.17) is 30.4 Å². The molecule has 1 aliphatic carbocycles. The van der Waals surface area contributed by atoms with Crippen LogP contribution in [0, 0.1) is 23.2 Å². The van der Waals surface area contributed by atoms with Crippen molar-refractivity contribution in [2.45, 2.75) is 18.1 Å². The van der Waals surface area contributed by atoms with E-state index in [-0.39, 0.29) is 29.5 Å². The van der Waals surface area contributed by atoms with Gasteiger partial charge < -0.3 is 30.4 Å². The van der Waals surface area contributed by atoms with Crippen LogP contribution in [-0.4, -0.2) is 50.1 Å². The second-order valence-electron chi connectivity index (χ2n) is 7.10. The fourth-order valence-corrected chi connectivity index (χ4v) is 3.86. The summed E-state index contributed by atoms with van der Waals surface area (Å²) in [6, 6.07) is 11.6. The third-order valence-electron chi connectivity index (χ3n) is 5.40. The average molecular weight is 447 g/mol. The molecular formula is C24H25N5O4. The molecule has 2 atom stereocenters. The second kappa shape index (κ2) is 10.0. The number of ether oxygens (including phenoxy) is 4. The number of rotatable bonds is 6. The van der Waals surface area contributed by atoms with E-state index in [1.165, 1.54) is 34.6 Å². The Morgan fingerprint density at radius 2 is 1.79 bits per heavy atom. The summed E-state index contributed by atoms with van der Waals surface area (Å²) >= 11 is 0. The van der Waals surface area contributed by atoms with Crippen LogP contribution in [0.1, 0.15) is 11.1 Å². The number of anilines is 2. The molecule has 1 aliphatic rings. The lowest BCUT2D eigenvalue weighted by Crippen LogP contribution is -2.53. The Bertz CT molecular complexity index is 1190. The maximum absolute atomic E-state index is 10.1. The van der Waals surface area contributed by atoms with Gasteiger partial charge in [0.2, 0.25) is 5.95 Å². The number of nitriles is 1. The van der Waals surface area contributed by atoms with Crippen LogP contribution in [0.5, 0.6) is 0 Å². The van der Waals surface area contributed by atoms with E-state index in [2.05, 4.69) is 27.9 Å². The van der Waals surface area contributed by atoms with Gasteiger partial charge in [0.15, 0.2) is 17.6 Å². The van der Waals surface area contributed by atoms with Gasteiger partial charge in [0, 0.05) is 38.0 Å². The van der Waals surface area contributed by atoms with E-state index in [1.807, 2.05) is 30.3 Å². The Morgan fingerprint density at radius 3 is 2.33 bits per heavy atom. The molecule has 9 heteroatoms. The first-order valence-corrected chi connectivity index (χ1v) is 9.94. The Hall–Kier alpha value is -4.05. The first-order valence-electron chi connectivity index (χ1n) is 9.94. The van der Waals surface area contributed by atoms with Gasteiger partial charge in [0.25, 0.3) is 0 Å². The summed E-state index contributed by atoms with van der Waals surface area (Å²) in [7, 11) is 5.93. The van der Waals surface area contributed by atoms with E-state index < -0.39 is 11.7 Å². The number of nitrogens with two attached hydrogens (primary N) is 2. The highest BCUT2D eigenvalue weighted by molar-refractivity contribution is 5.62. The average Bonchev–Trinajstić information content (AvgIpc) is 2.84. The van der Waals surface area contributed by atoms with Crippen molar-refractivity contribution in [3.63, 3.8) is 0 Å². The van der Waals surface area contributed by atoms with Gasteiger partial charge in [0.1, 0.15) is 23.1 Å². The molecule has 0 radical (unpaired) electrons. The molecule has 0 fully saturated rings. The van der Waals surface area contributed by atoms with Crippen molar-refractivity contribution in [1.29, 1.82) is 5.26 Å². The summed E-state index contributed by atoms with van der Waals surface area (Å²) in [6.07, 6.45) is 0.820. The molecule has 1 aromatic heterocycles. The van der Waals surface area contributed by atoms with Gasteiger partial charge in [-0.05, 0) is 12.1 Å². The first-order chi connectivity index (χ1) is 15.9. The Morgan fingerprint density at radius 1 is 1.06 bits per heavy atom. The molecule has 9 nitrogen and oxygen atoms in total. The smallest absolute Gasteiger partial charge is 0.221 e. The fourth-order valence-electron chi connectivity index (χ4n) is 3.86. The molecule has 4 N–H and O–H groups in total. The molecule has 1 aromatic carbocycles. The SMILES string of the molecule is COC1=C(OC)C(OC)C(Cc2cnc(N)nc2N)(OC)C(C#Cc2ccccc2)=C1C#N. The minimum absolute atomic E-state index is 0.0474. The zero-order valence-electron chi connectivity index (χ0n) is 18.9. The summed E-state index contributed by atoms with van der Waals surface area (Å²) in [5.41, 5.74) is 12.3. The fraction of sp³-hybridized carbons (Fsp3) is 0.292. The Labute approximate surface area is 192 Å². The molecule has 1 heterocycles. The van der Waals surface area contributed by atoms with Gasteiger partial charge in [-0.15, -0.1) is 0 Å². The lowest BCUT2D eigenvalue weighted by atomic mass is 9.75. The van der Waals surface area contributed by atoms with Crippen molar-refractivity contribution >= 4 is 11.8 Å². The van der Waals surface area contributed by atoms with Crippen LogP contribution in [0.4, 0.5) is 11.8 Å². The predicted octanol–water partition coefficient (Wildman–Crippen LogP) is 1.97. The molecule has 2 unspecified atom stereocenters. The van der Waals surface area contributed by atoms with Gasteiger partial charge in [-0.25, -0.2) is 4.98 Å². The van der Waals surface area contributed by atoms with E-state index in [0.29, 0.717) is 16.9 Å². The summed E-state index contributed by atoms with van der Waals surface area (Å²) in [4.78, 5) is 8.10. The molecule has 0 bridgehead atoms. The molecule has 170 valence electrons. The van der Waals surface area contributed by atoms with Crippen molar-refractivity contribution in [2.24, 2.45) is 0 Å². The highest BCUT2D eigenvalue weighted by atomic mass is 16.6. The Kier molecular flexibility index (Phi) is 7.19. The van der Waals surface area contributed by atoms with Gasteiger partial charge in [-0.2, -0.15) is 10.2 Å². The maximum Gasteiger partial charge on any atom is 0.221 e. The van der Waals surface area contributed by atoms with Crippen LogP contribution in [0.15, 0.2) is 59.2 Å². The van der Waals surface area contributed by atoms with E-state index in [0.717, 1.165) is 5.56 Å². The number of methoxy groups -OCH3 is 4. The zero-order chi connectivity index (χ0) is 24.0. The zero-order valence-corrected chi connectivity index (χ0v) is 18.9. The van der Waals surface area contributed by atoms with Crippen LogP contribution in [0.3, 0.4) is 0 Å². The molecule has 0 amide bonds. The topological polar surface area (TPSA) is 139 Å². The molecule has 0 saturated carbocycles. The lowest BCUT2D eigenvalue weighted by molar-refractivity contribution is -0.0972. The predicted molar refractivity (Wildman–Crippen MR) is 122 cm³/mol. The molecule has 0 aliphatic heterocycles. The third-order valence-corrected chi connectivity index (χ3v) is 5.40.